The number of hydrogen-bond donors (Lipinski definition) is 0. The van der Waals surface area contributed by atoms with E-state index in [4.69, 9.17) is 11.6 Å². The molecule has 1 aromatic rings. The zero-order chi connectivity index (χ0) is 10.8. The molecule has 2 nitrogen and oxygen atoms in total. The Morgan fingerprint density at radius 3 is 2.87 bits per heavy atom. The number of piperidine rings is 1. The molecule has 0 aromatic heterocycles. The van der Waals surface area contributed by atoms with E-state index in [1.54, 1.807) is 4.90 Å². The minimum atomic E-state index is 0.184. The van der Waals surface area contributed by atoms with Gasteiger partial charge in [0.25, 0.3) is 0 Å². The number of halogens is 2. The molecule has 2 rings (SSSR count). The molecule has 0 unspecified atom stereocenters. The van der Waals surface area contributed by atoms with Gasteiger partial charge in [-0.05, 0) is 47.0 Å². The lowest BCUT2D eigenvalue weighted by Crippen LogP contribution is -2.35. The monoisotopic (exact) mass is 287 g/mol. The average molecular weight is 289 g/mol. The van der Waals surface area contributed by atoms with Gasteiger partial charge in [-0.25, -0.2) is 0 Å². The first-order valence-electron chi connectivity index (χ1n) is 4.94. The van der Waals surface area contributed by atoms with Gasteiger partial charge in [-0.15, -0.1) is 0 Å². The fourth-order valence-corrected chi connectivity index (χ4v) is 2.38. The van der Waals surface area contributed by atoms with Crippen molar-refractivity contribution in [2.75, 3.05) is 11.4 Å². The van der Waals surface area contributed by atoms with E-state index >= 15 is 0 Å². The van der Waals surface area contributed by atoms with Crippen molar-refractivity contribution in [3.8, 4) is 0 Å². The normalized spacial score (nSPS) is 16.9. The van der Waals surface area contributed by atoms with Crippen LogP contribution in [0.15, 0.2) is 22.7 Å². The highest BCUT2D eigenvalue weighted by atomic mass is 79.9. The number of rotatable bonds is 1. The van der Waals surface area contributed by atoms with Gasteiger partial charge in [0.05, 0.1) is 5.69 Å². The Labute approximate surface area is 102 Å². The topological polar surface area (TPSA) is 20.3 Å². The van der Waals surface area contributed by atoms with E-state index < -0.39 is 0 Å². The Morgan fingerprint density at radius 1 is 1.33 bits per heavy atom. The van der Waals surface area contributed by atoms with E-state index in [2.05, 4.69) is 15.9 Å². The summed E-state index contributed by atoms with van der Waals surface area (Å²) in [4.78, 5) is 13.5. The Bertz CT molecular complexity index is 394. The first-order chi connectivity index (χ1) is 7.18. The number of anilines is 1. The van der Waals surface area contributed by atoms with E-state index in [1.165, 1.54) is 0 Å². The summed E-state index contributed by atoms with van der Waals surface area (Å²) in [6, 6.07) is 5.51. The lowest BCUT2D eigenvalue weighted by Gasteiger charge is -2.27. The van der Waals surface area contributed by atoms with Crippen LogP contribution >= 0.6 is 27.5 Å². The van der Waals surface area contributed by atoms with Crippen molar-refractivity contribution in [3.63, 3.8) is 0 Å². The molecule has 1 aliphatic rings. The molecule has 0 saturated carbocycles. The first-order valence-corrected chi connectivity index (χ1v) is 6.11. The lowest BCUT2D eigenvalue weighted by molar-refractivity contribution is -0.119. The molecule has 0 aliphatic carbocycles. The fraction of sp³-hybridized carbons (Fsp3) is 0.364. The number of carbonyl (C=O) groups is 1. The van der Waals surface area contributed by atoms with Gasteiger partial charge in [0.15, 0.2) is 0 Å². The Morgan fingerprint density at radius 2 is 2.13 bits per heavy atom. The van der Waals surface area contributed by atoms with Gasteiger partial charge >= 0.3 is 0 Å². The second kappa shape index (κ2) is 4.54. The van der Waals surface area contributed by atoms with E-state index in [-0.39, 0.29) is 5.91 Å². The summed E-state index contributed by atoms with van der Waals surface area (Å²) in [5.74, 6) is 0.184. The molecule has 0 radical (unpaired) electrons. The van der Waals surface area contributed by atoms with Crippen LogP contribution in [0.1, 0.15) is 19.3 Å². The molecule has 4 heteroatoms. The van der Waals surface area contributed by atoms with Crippen molar-refractivity contribution < 1.29 is 4.79 Å². The first kappa shape index (κ1) is 11.0. The van der Waals surface area contributed by atoms with Crippen molar-refractivity contribution in [2.45, 2.75) is 19.3 Å². The van der Waals surface area contributed by atoms with Crippen LogP contribution in [0.3, 0.4) is 0 Å². The number of carbonyl (C=O) groups excluding carboxylic acids is 1. The smallest absolute Gasteiger partial charge is 0.227 e. The Hall–Kier alpha value is -0.540. The fourth-order valence-electron chi connectivity index (χ4n) is 1.75. The maximum absolute atomic E-state index is 11.7. The molecular formula is C11H11BrClNO. The maximum Gasteiger partial charge on any atom is 0.227 e. The Kier molecular flexibility index (Phi) is 3.32. The average Bonchev–Trinajstić information content (AvgIpc) is 2.23. The van der Waals surface area contributed by atoms with Crippen molar-refractivity contribution in [3.05, 3.63) is 27.7 Å². The SMILES string of the molecule is O=C1CCCCN1c1cc(Cl)ccc1Br. The summed E-state index contributed by atoms with van der Waals surface area (Å²) in [5.41, 5.74) is 0.882. The third-order valence-corrected chi connectivity index (χ3v) is 3.43. The predicted molar refractivity (Wildman–Crippen MR) is 65.4 cm³/mol. The van der Waals surface area contributed by atoms with E-state index in [0.29, 0.717) is 11.4 Å². The molecule has 0 N–H and O–H groups in total. The lowest BCUT2D eigenvalue weighted by atomic mass is 10.1. The van der Waals surface area contributed by atoms with Gasteiger partial charge in [0.2, 0.25) is 5.91 Å². The molecule has 1 saturated heterocycles. The predicted octanol–water partition coefficient (Wildman–Crippen LogP) is 3.62. The van der Waals surface area contributed by atoms with Gasteiger partial charge in [0, 0.05) is 22.5 Å². The van der Waals surface area contributed by atoms with Crippen molar-refractivity contribution in [1.29, 1.82) is 0 Å². The molecule has 0 bridgehead atoms. The Balaban J connectivity index is 2.34. The van der Waals surface area contributed by atoms with Crippen LogP contribution in [-0.2, 0) is 4.79 Å². The number of benzene rings is 1. The summed E-state index contributed by atoms with van der Waals surface area (Å²) < 4.78 is 0.919. The van der Waals surface area contributed by atoms with Gasteiger partial charge in [-0.1, -0.05) is 11.6 Å². The second-order valence-electron chi connectivity index (χ2n) is 3.60. The third-order valence-electron chi connectivity index (χ3n) is 2.52. The maximum atomic E-state index is 11.7. The molecule has 0 atom stereocenters. The van der Waals surface area contributed by atoms with Crippen LogP contribution in [0.2, 0.25) is 5.02 Å². The molecule has 1 fully saturated rings. The quantitative estimate of drug-likeness (QED) is 0.773. The summed E-state index contributed by atoms with van der Waals surface area (Å²) in [5, 5.41) is 0.659. The van der Waals surface area contributed by atoms with Crippen LogP contribution in [0.5, 0.6) is 0 Å². The highest BCUT2D eigenvalue weighted by molar-refractivity contribution is 9.10. The third kappa shape index (κ3) is 2.34. The summed E-state index contributed by atoms with van der Waals surface area (Å²) in [7, 11) is 0. The molecule has 80 valence electrons. The van der Waals surface area contributed by atoms with Crippen molar-refractivity contribution in [2.24, 2.45) is 0 Å². The van der Waals surface area contributed by atoms with Crippen LogP contribution in [0.25, 0.3) is 0 Å². The van der Waals surface area contributed by atoms with Gasteiger partial charge < -0.3 is 4.90 Å². The number of nitrogens with zero attached hydrogens (tertiary/aromatic N) is 1. The van der Waals surface area contributed by atoms with E-state index in [1.807, 2.05) is 18.2 Å². The van der Waals surface area contributed by atoms with E-state index in [9.17, 15) is 4.79 Å². The van der Waals surface area contributed by atoms with Gasteiger partial charge in [-0.3, -0.25) is 4.79 Å². The molecule has 0 spiro atoms. The zero-order valence-electron chi connectivity index (χ0n) is 8.17. The summed E-state index contributed by atoms with van der Waals surface area (Å²) >= 11 is 9.37. The highest BCUT2D eigenvalue weighted by Crippen LogP contribution is 2.31. The van der Waals surface area contributed by atoms with Crippen LogP contribution in [0.4, 0.5) is 5.69 Å². The minimum Gasteiger partial charge on any atom is -0.311 e. The standard InChI is InChI=1S/C11H11BrClNO/c12-9-5-4-8(13)7-10(9)14-6-2-1-3-11(14)15/h4-5,7H,1-3,6H2. The molecule has 1 aliphatic heterocycles. The van der Waals surface area contributed by atoms with Crippen molar-refractivity contribution >= 4 is 39.1 Å². The van der Waals surface area contributed by atoms with Crippen LogP contribution in [-0.4, -0.2) is 12.5 Å². The molecule has 15 heavy (non-hydrogen) atoms. The minimum absolute atomic E-state index is 0.184. The van der Waals surface area contributed by atoms with Crippen molar-refractivity contribution in [1.82, 2.24) is 0 Å². The molecule has 1 aromatic carbocycles. The zero-order valence-corrected chi connectivity index (χ0v) is 10.5. The second-order valence-corrected chi connectivity index (χ2v) is 4.89. The highest BCUT2D eigenvalue weighted by Gasteiger charge is 2.21. The van der Waals surface area contributed by atoms with Gasteiger partial charge in [0.1, 0.15) is 0 Å². The number of hydrogen-bond acceptors (Lipinski definition) is 1. The van der Waals surface area contributed by atoms with Gasteiger partial charge in [-0.2, -0.15) is 0 Å². The molecular weight excluding hydrogens is 277 g/mol. The van der Waals surface area contributed by atoms with E-state index in [0.717, 1.165) is 29.5 Å². The summed E-state index contributed by atoms with van der Waals surface area (Å²) in [6.07, 6.45) is 2.69. The number of amides is 1. The largest absolute Gasteiger partial charge is 0.311 e. The molecule has 1 heterocycles. The van der Waals surface area contributed by atoms with Crippen LogP contribution < -0.4 is 4.90 Å². The molecule has 1 amide bonds. The summed E-state index contributed by atoms with van der Waals surface area (Å²) in [6.45, 7) is 0.789. The van der Waals surface area contributed by atoms with Crippen LogP contribution in [0, 0.1) is 0 Å².